The average Bonchev–Trinajstić information content (AvgIpc) is 2.51. The SMILES string of the molecule is C=CC(=O)OC(CCOC)=C(C)C(=O)OC1CCCCC1. The van der Waals surface area contributed by atoms with E-state index in [1.165, 1.54) is 6.42 Å². The van der Waals surface area contributed by atoms with Crippen molar-refractivity contribution in [3.05, 3.63) is 24.0 Å². The van der Waals surface area contributed by atoms with Crippen molar-refractivity contribution in [2.24, 2.45) is 0 Å². The molecule has 0 radical (unpaired) electrons. The summed E-state index contributed by atoms with van der Waals surface area (Å²) < 4.78 is 15.6. The second kappa shape index (κ2) is 9.34. The number of esters is 2. The smallest absolute Gasteiger partial charge is 0.337 e. The molecule has 0 atom stereocenters. The predicted octanol–water partition coefficient (Wildman–Crippen LogP) is 2.90. The molecular formula is C16H24O5. The van der Waals surface area contributed by atoms with Crippen LogP contribution in [0.4, 0.5) is 0 Å². The van der Waals surface area contributed by atoms with Crippen molar-refractivity contribution in [3.63, 3.8) is 0 Å². The summed E-state index contributed by atoms with van der Waals surface area (Å²) in [5.74, 6) is -0.738. The summed E-state index contributed by atoms with van der Waals surface area (Å²) in [6.07, 6.45) is 6.54. The van der Waals surface area contributed by atoms with Gasteiger partial charge in [-0.15, -0.1) is 0 Å². The molecule has 0 amide bonds. The summed E-state index contributed by atoms with van der Waals surface area (Å²) in [6.45, 7) is 5.31. The van der Waals surface area contributed by atoms with Crippen LogP contribution in [0.2, 0.25) is 0 Å². The highest BCUT2D eigenvalue weighted by Gasteiger charge is 2.21. The lowest BCUT2D eigenvalue weighted by Gasteiger charge is -2.22. The highest BCUT2D eigenvalue weighted by atomic mass is 16.6. The first-order valence-corrected chi connectivity index (χ1v) is 7.32. The molecule has 0 bridgehead atoms. The zero-order valence-electron chi connectivity index (χ0n) is 12.9. The molecule has 21 heavy (non-hydrogen) atoms. The second-order valence-electron chi connectivity index (χ2n) is 5.08. The van der Waals surface area contributed by atoms with Gasteiger partial charge in [0.25, 0.3) is 0 Å². The number of hydrogen-bond donors (Lipinski definition) is 0. The highest BCUT2D eigenvalue weighted by Crippen LogP contribution is 2.22. The maximum absolute atomic E-state index is 12.1. The van der Waals surface area contributed by atoms with Crippen molar-refractivity contribution in [2.75, 3.05) is 13.7 Å². The van der Waals surface area contributed by atoms with E-state index >= 15 is 0 Å². The number of carbonyl (C=O) groups is 2. The topological polar surface area (TPSA) is 61.8 Å². The van der Waals surface area contributed by atoms with Crippen LogP contribution in [0.3, 0.4) is 0 Å². The van der Waals surface area contributed by atoms with Gasteiger partial charge in [-0.05, 0) is 32.6 Å². The first-order chi connectivity index (χ1) is 10.1. The van der Waals surface area contributed by atoms with Crippen LogP contribution in [0, 0.1) is 0 Å². The highest BCUT2D eigenvalue weighted by molar-refractivity contribution is 5.89. The van der Waals surface area contributed by atoms with Gasteiger partial charge in [0.05, 0.1) is 12.2 Å². The molecule has 118 valence electrons. The van der Waals surface area contributed by atoms with Gasteiger partial charge in [0, 0.05) is 19.6 Å². The van der Waals surface area contributed by atoms with E-state index in [1.54, 1.807) is 14.0 Å². The molecule has 1 saturated carbocycles. The Morgan fingerprint density at radius 1 is 1.24 bits per heavy atom. The first-order valence-electron chi connectivity index (χ1n) is 7.32. The molecule has 5 heteroatoms. The van der Waals surface area contributed by atoms with Gasteiger partial charge >= 0.3 is 11.9 Å². The quantitative estimate of drug-likeness (QED) is 0.410. The Hall–Kier alpha value is -1.62. The molecule has 1 aliphatic rings. The molecule has 0 spiro atoms. The van der Waals surface area contributed by atoms with E-state index in [1.807, 2.05) is 0 Å². The first kappa shape index (κ1) is 17.4. The summed E-state index contributed by atoms with van der Waals surface area (Å²) in [5, 5.41) is 0. The lowest BCUT2D eigenvalue weighted by atomic mass is 9.98. The molecule has 0 heterocycles. The van der Waals surface area contributed by atoms with Crippen LogP contribution in [0.15, 0.2) is 24.0 Å². The Morgan fingerprint density at radius 3 is 2.48 bits per heavy atom. The monoisotopic (exact) mass is 296 g/mol. The fourth-order valence-electron chi connectivity index (χ4n) is 2.21. The minimum Gasteiger partial charge on any atom is -0.459 e. The van der Waals surface area contributed by atoms with Gasteiger partial charge in [-0.25, -0.2) is 9.59 Å². The van der Waals surface area contributed by atoms with Gasteiger partial charge in [0.15, 0.2) is 0 Å². The lowest BCUT2D eigenvalue weighted by molar-refractivity contribution is -0.146. The van der Waals surface area contributed by atoms with Crippen LogP contribution in [-0.2, 0) is 23.8 Å². The summed E-state index contributed by atoms with van der Waals surface area (Å²) in [7, 11) is 1.54. The molecule has 0 aromatic carbocycles. The summed E-state index contributed by atoms with van der Waals surface area (Å²) in [4.78, 5) is 23.5. The lowest BCUT2D eigenvalue weighted by Crippen LogP contribution is -2.22. The fraction of sp³-hybridized carbons (Fsp3) is 0.625. The van der Waals surface area contributed by atoms with Crippen LogP contribution in [0.5, 0.6) is 0 Å². The van der Waals surface area contributed by atoms with Crippen molar-refractivity contribution in [3.8, 4) is 0 Å². The van der Waals surface area contributed by atoms with Gasteiger partial charge in [0.1, 0.15) is 11.9 Å². The van der Waals surface area contributed by atoms with E-state index in [2.05, 4.69) is 6.58 Å². The van der Waals surface area contributed by atoms with E-state index in [-0.39, 0.29) is 11.9 Å². The molecule has 0 aromatic heterocycles. The minimum absolute atomic E-state index is 0.0278. The van der Waals surface area contributed by atoms with E-state index in [4.69, 9.17) is 14.2 Å². The third-order valence-corrected chi connectivity index (χ3v) is 3.47. The van der Waals surface area contributed by atoms with Gasteiger partial charge < -0.3 is 14.2 Å². The van der Waals surface area contributed by atoms with Gasteiger partial charge in [-0.1, -0.05) is 13.0 Å². The third kappa shape index (κ3) is 6.12. The molecule has 1 rings (SSSR count). The standard InChI is InChI=1S/C16H24O5/c1-4-15(17)21-14(10-11-19-3)12(2)16(18)20-13-8-6-5-7-9-13/h4,13H,1,5-11H2,2-3H3. The predicted molar refractivity (Wildman–Crippen MR) is 78.4 cm³/mol. The summed E-state index contributed by atoms with van der Waals surface area (Å²) >= 11 is 0. The second-order valence-corrected chi connectivity index (χ2v) is 5.08. The summed E-state index contributed by atoms with van der Waals surface area (Å²) in [6, 6.07) is 0. The maximum atomic E-state index is 12.1. The number of hydrogen-bond acceptors (Lipinski definition) is 5. The molecule has 0 unspecified atom stereocenters. The minimum atomic E-state index is -0.592. The van der Waals surface area contributed by atoms with E-state index in [0.717, 1.165) is 31.8 Å². The van der Waals surface area contributed by atoms with E-state index in [0.29, 0.717) is 18.6 Å². The maximum Gasteiger partial charge on any atom is 0.337 e. The molecule has 0 saturated heterocycles. The van der Waals surface area contributed by atoms with Crippen LogP contribution in [0.1, 0.15) is 45.4 Å². The van der Waals surface area contributed by atoms with Crippen molar-refractivity contribution in [1.29, 1.82) is 0 Å². The van der Waals surface area contributed by atoms with Crippen LogP contribution >= 0.6 is 0 Å². The molecule has 1 aliphatic carbocycles. The van der Waals surface area contributed by atoms with Gasteiger partial charge in [-0.2, -0.15) is 0 Å². The van der Waals surface area contributed by atoms with E-state index < -0.39 is 11.9 Å². The van der Waals surface area contributed by atoms with Crippen molar-refractivity contribution < 1.29 is 23.8 Å². The molecule has 0 aromatic rings. The molecule has 1 fully saturated rings. The summed E-state index contributed by atoms with van der Waals surface area (Å²) in [5.41, 5.74) is 0.313. The fourth-order valence-corrected chi connectivity index (χ4v) is 2.21. The Bertz CT molecular complexity index is 405. The van der Waals surface area contributed by atoms with Gasteiger partial charge in [-0.3, -0.25) is 0 Å². The molecular weight excluding hydrogens is 272 g/mol. The third-order valence-electron chi connectivity index (χ3n) is 3.47. The number of methoxy groups -OCH3 is 1. The largest absolute Gasteiger partial charge is 0.459 e. The van der Waals surface area contributed by atoms with Gasteiger partial charge in [0.2, 0.25) is 0 Å². The Morgan fingerprint density at radius 2 is 1.90 bits per heavy atom. The van der Waals surface area contributed by atoms with E-state index in [9.17, 15) is 9.59 Å². The Balaban J connectivity index is 2.71. The molecule has 5 nitrogen and oxygen atoms in total. The average molecular weight is 296 g/mol. The normalized spacial score (nSPS) is 16.9. The number of carbonyl (C=O) groups excluding carboxylic acids is 2. The van der Waals surface area contributed by atoms with Crippen LogP contribution in [-0.4, -0.2) is 31.8 Å². The van der Waals surface area contributed by atoms with Crippen molar-refractivity contribution >= 4 is 11.9 Å². The Kier molecular flexibility index (Phi) is 7.75. The zero-order chi connectivity index (χ0) is 15.7. The zero-order valence-corrected chi connectivity index (χ0v) is 12.9. The van der Waals surface area contributed by atoms with Crippen molar-refractivity contribution in [2.45, 2.75) is 51.6 Å². The molecule has 0 N–H and O–H groups in total. The van der Waals surface area contributed by atoms with Crippen LogP contribution < -0.4 is 0 Å². The van der Waals surface area contributed by atoms with Crippen molar-refractivity contribution in [1.82, 2.24) is 0 Å². The molecule has 0 aliphatic heterocycles. The van der Waals surface area contributed by atoms with Crippen LogP contribution in [0.25, 0.3) is 0 Å². The number of rotatable bonds is 7. The number of ether oxygens (including phenoxy) is 3. The Labute approximate surface area is 125 Å².